The summed E-state index contributed by atoms with van der Waals surface area (Å²) in [5.41, 5.74) is -0.332. The molecule has 7 heteroatoms. The number of benzene rings is 1. The molecule has 4 nitrogen and oxygen atoms in total. The molecule has 1 N–H and O–H groups in total. The Morgan fingerprint density at radius 3 is 2.35 bits per heavy atom. The van der Waals surface area contributed by atoms with E-state index >= 15 is 0 Å². The number of esters is 1. The van der Waals surface area contributed by atoms with Crippen molar-refractivity contribution in [2.24, 2.45) is 5.92 Å². The number of hydrogen-bond donors (Lipinski definition) is 1. The van der Waals surface area contributed by atoms with Gasteiger partial charge in [0.25, 0.3) is 5.91 Å². The summed E-state index contributed by atoms with van der Waals surface area (Å²) in [6, 6.07) is 4.50. The van der Waals surface area contributed by atoms with Crippen LogP contribution in [0.4, 0.5) is 13.2 Å². The summed E-state index contributed by atoms with van der Waals surface area (Å²) in [6.07, 6.45) is 2.01. The Bertz CT molecular complexity index is 645. The Kier molecular flexibility index (Phi) is 6.83. The van der Waals surface area contributed by atoms with E-state index in [0.717, 1.165) is 43.9 Å². The second kappa shape index (κ2) is 8.87. The van der Waals surface area contributed by atoms with E-state index in [4.69, 9.17) is 4.74 Å². The molecule has 1 amide bonds. The number of nitrogens with one attached hydrogen (secondary N) is 1. The number of carbonyl (C=O) groups excluding carboxylic acids is 2. The summed E-state index contributed by atoms with van der Waals surface area (Å²) < 4.78 is 42.2. The Balaban J connectivity index is 1.74. The van der Waals surface area contributed by atoms with Crippen LogP contribution >= 0.6 is 0 Å². The van der Waals surface area contributed by atoms with Gasteiger partial charge in [-0.15, -0.1) is 0 Å². The van der Waals surface area contributed by atoms with Crippen LogP contribution in [0.2, 0.25) is 0 Å². The highest BCUT2D eigenvalue weighted by Gasteiger charge is 2.29. The van der Waals surface area contributed by atoms with Crippen LogP contribution in [0.15, 0.2) is 30.3 Å². The van der Waals surface area contributed by atoms with Crippen molar-refractivity contribution in [3.63, 3.8) is 0 Å². The second-order valence-corrected chi connectivity index (χ2v) is 6.59. The molecular formula is C19H22F3NO3. The molecule has 1 aromatic carbocycles. The van der Waals surface area contributed by atoms with E-state index in [1.54, 1.807) is 0 Å². The minimum Gasteiger partial charge on any atom is -0.452 e. The van der Waals surface area contributed by atoms with Crippen LogP contribution in [0.5, 0.6) is 0 Å². The monoisotopic (exact) mass is 369 g/mol. The average molecular weight is 369 g/mol. The van der Waals surface area contributed by atoms with Crippen molar-refractivity contribution in [2.75, 3.05) is 6.61 Å². The highest BCUT2D eigenvalue weighted by molar-refractivity contribution is 5.89. The van der Waals surface area contributed by atoms with Gasteiger partial charge in [0.1, 0.15) is 0 Å². The molecule has 1 aromatic rings. The van der Waals surface area contributed by atoms with E-state index in [0.29, 0.717) is 11.5 Å². The topological polar surface area (TPSA) is 55.4 Å². The van der Waals surface area contributed by atoms with Crippen molar-refractivity contribution < 1.29 is 27.5 Å². The molecule has 1 aliphatic carbocycles. The SMILES string of the molecule is CC1CCC(NC(=O)COC(=O)/C=C/c2ccc(C(F)(F)F)cc2)CC1. The first kappa shape index (κ1) is 20.0. The number of halogens is 3. The van der Waals surface area contributed by atoms with Crippen molar-refractivity contribution in [1.82, 2.24) is 5.32 Å². The lowest BCUT2D eigenvalue weighted by Gasteiger charge is -2.26. The summed E-state index contributed by atoms with van der Waals surface area (Å²) >= 11 is 0. The summed E-state index contributed by atoms with van der Waals surface area (Å²) in [7, 11) is 0. The fourth-order valence-electron chi connectivity index (χ4n) is 2.81. The molecule has 0 aromatic heterocycles. The largest absolute Gasteiger partial charge is 0.452 e. The summed E-state index contributed by atoms with van der Waals surface area (Å²) in [5, 5.41) is 2.84. The fourth-order valence-corrected chi connectivity index (χ4v) is 2.81. The zero-order valence-electron chi connectivity index (χ0n) is 14.5. The first-order valence-electron chi connectivity index (χ1n) is 8.55. The average Bonchev–Trinajstić information content (AvgIpc) is 2.60. The van der Waals surface area contributed by atoms with Gasteiger partial charge in [0.05, 0.1) is 5.56 Å². The predicted octanol–water partition coefficient (Wildman–Crippen LogP) is 3.96. The molecule has 0 spiro atoms. The Labute approximate surface area is 150 Å². The molecule has 0 saturated heterocycles. The van der Waals surface area contributed by atoms with E-state index in [1.807, 2.05) is 0 Å². The van der Waals surface area contributed by atoms with E-state index in [2.05, 4.69) is 12.2 Å². The van der Waals surface area contributed by atoms with Crippen LogP contribution in [0.1, 0.15) is 43.7 Å². The quantitative estimate of drug-likeness (QED) is 0.631. The third kappa shape index (κ3) is 6.54. The van der Waals surface area contributed by atoms with Crippen LogP contribution in [0.25, 0.3) is 6.08 Å². The van der Waals surface area contributed by atoms with Gasteiger partial charge in [-0.2, -0.15) is 13.2 Å². The Morgan fingerprint density at radius 1 is 1.15 bits per heavy atom. The van der Waals surface area contributed by atoms with Gasteiger partial charge in [-0.05, 0) is 55.4 Å². The van der Waals surface area contributed by atoms with Crippen molar-refractivity contribution in [1.29, 1.82) is 0 Å². The van der Waals surface area contributed by atoms with Crippen LogP contribution in [0.3, 0.4) is 0 Å². The van der Waals surface area contributed by atoms with Crippen molar-refractivity contribution in [3.05, 3.63) is 41.5 Å². The number of amides is 1. The molecule has 142 valence electrons. The lowest BCUT2D eigenvalue weighted by molar-refractivity contribution is -0.144. The van der Waals surface area contributed by atoms with Crippen LogP contribution in [0, 0.1) is 5.92 Å². The highest BCUT2D eigenvalue weighted by Crippen LogP contribution is 2.29. The molecule has 0 unspecified atom stereocenters. The summed E-state index contributed by atoms with van der Waals surface area (Å²) in [4.78, 5) is 23.4. The Hall–Kier alpha value is -2.31. The molecule has 0 heterocycles. The molecule has 0 atom stereocenters. The lowest BCUT2D eigenvalue weighted by atomic mass is 9.87. The summed E-state index contributed by atoms with van der Waals surface area (Å²) in [5.74, 6) is -0.394. The van der Waals surface area contributed by atoms with Crippen LogP contribution in [-0.4, -0.2) is 24.5 Å². The maximum absolute atomic E-state index is 12.5. The second-order valence-electron chi connectivity index (χ2n) is 6.59. The van der Waals surface area contributed by atoms with Gasteiger partial charge in [0.2, 0.25) is 0 Å². The van der Waals surface area contributed by atoms with Crippen LogP contribution < -0.4 is 5.32 Å². The normalized spacial score (nSPS) is 20.8. The van der Waals surface area contributed by atoms with Gasteiger partial charge in [0.15, 0.2) is 6.61 Å². The predicted molar refractivity (Wildman–Crippen MR) is 91.0 cm³/mol. The molecule has 26 heavy (non-hydrogen) atoms. The van der Waals surface area contributed by atoms with Gasteiger partial charge in [-0.1, -0.05) is 19.1 Å². The number of alkyl halides is 3. The minimum absolute atomic E-state index is 0.125. The number of hydrogen-bond acceptors (Lipinski definition) is 3. The zero-order chi connectivity index (χ0) is 19.2. The zero-order valence-corrected chi connectivity index (χ0v) is 14.5. The van der Waals surface area contributed by atoms with E-state index in [9.17, 15) is 22.8 Å². The third-order valence-corrected chi connectivity index (χ3v) is 4.38. The number of carbonyl (C=O) groups is 2. The maximum atomic E-state index is 12.5. The first-order valence-corrected chi connectivity index (χ1v) is 8.55. The van der Waals surface area contributed by atoms with Crippen molar-refractivity contribution in [3.8, 4) is 0 Å². The summed E-state index contributed by atoms with van der Waals surface area (Å²) in [6.45, 7) is 1.81. The van der Waals surface area contributed by atoms with E-state index in [-0.39, 0.29) is 18.6 Å². The van der Waals surface area contributed by atoms with Gasteiger partial charge < -0.3 is 10.1 Å². The molecule has 0 radical (unpaired) electrons. The van der Waals surface area contributed by atoms with Gasteiger partial charge >= 0.3 is 12.1 Å². The number of rotatable bonds is 5. The number of ether oxygens (including phenoxy) is 1. The lowest BCUT2D eigenvalue weighted by Crippen LogP contribution is -2.39. The van der Waals surface area contributed by atoms with Gasteiger partial charge in [-0.25, -0.2) is 4.79 Å². The smallest absolute Gasteiger partial charge is 0.416 e. The maximum Gasteiger partial charge on any atom is 0.416 e. The van der Waals surface area contributed by atoms with Gasteiger partial charge in [-0.3, -0.25) is 4.79 Å². The third-order valence-electron chi connectivity index (χ3n) is 4.38. The molecule has 0 bridgehead atoms. The van der Waals surface area contributed by atoms with Gasteiger partial charge in [0, 0.05) is 12.1 Å². The minimum atomic E-state index is -4.40. The molecule has 1 aliphatic rings. The van der Waals surface area contributed by atoms with Crippen molar-refractivity contribution in [2.45, 2.75) is 44.8 Å². The molecule has 0 aliphatic heterocycles. The highest BCUT2D eigenvalue weighted by atomic mass is 19.4. The van der Waals surface area contributed by atoms with E-state index in [1.165, 1.54) is 18.2 Å². The standard InChI is InChI=1S/C19H22F3NO3/c1-13-2-9-16(10-3-13)23-17(24)12-26-18(25)11-6-14-4-7-15(8-5-14)19(20,21)22/h4-8,11,13,16H,2-3,9-10,12H2,1H3,(H,23,24)/b11-6+. The molecule has 1 saturated carbocycles. The first-order chi connectivity index (χ1) is 12.2. The van der Waals surface area contributed by atoms with E-state index < -0.39 is 17.7 Å². The molecule has 1 fully saturated rings. The molecule has 2 rings (SSSR count). The molecular weight excluding hydrogens is 347 g/mol. The Morgan fingerprint density at radius 2 is 1.77 bits per heavy atom. The van der Waals surface area contributed by atoms with Crippen molar-refractivity contribution >= 4 is 18.0 Å². The van der Waals surface area contributed by atoms with Crippen LogP contribution in [-0.2, 0) is 20.5 Å². The fraction of sp³-hybridized carbons (Fsp3) is 0.474.